The van der Waals surface area contributed by atoms with Gasteiger partial charge < -0.3 is 35.0 Å². The van der Waals surface area contributed by atoms with Gasteiger partial charge in [0.1, 0.15) is 12.4 Å². The zero-order valence-electron chi connectivity index (χ0n) is 14.3. The van der Waals surface area contributed by atoms with E-state index in [-0.39, 0.29) is 18.1 Å². The van der Waals surface area contributed by atoms with Crippen LogP contribution in [0.15, 0.2) is 30.8 Å². The standard InChI is InChI=1S/C20H16O7/c1-8-11-3-9-4-15(23)19(25)20(26-2)17(9)16(12(11)7-27-8)10-5-13(21)18(24)14(22)6-10/h3-6,21-25H,1,7H2,2H3. The van der Waals surface area contributed by atoms with Crippen LogP contribution in [0.4, 0.5) is 0 Å². The molecule has 0 aliphatic carbocycles. The molecule has 1 aliphatic rings. The highest BCUT2D eigenvalue weighted by Crippen LogP contribution is 2.51. The van der Waals surface area contributed by atoms with Gasteiger partial charge in [-0.25, -0.2) is 0 Å². The van der Waals surface area contributed by atoms with E-state index in [4.69, 9.17) is 9.47 Å². The fourth-order valence-corrected chi connectivity index (χ4v) is 3.46. The Bertz CT molecular complexity index is 1110. The van der Waals surface area contributed by atoms with E-state index >= 15 is 0 Å². The van der Waals surface area contributed by atoms with Crippen molar-refractivity contribution in [3.63, 3.8) is 0 Å². The highest BCUT2D eigenvalue weighted by molar-refractivity contribution is 6.07. The summed E-state index contributed by atoms with van der Waals surface area (Å²) in [5, 5.41) is 50.9. The van der Waals surface area contributed by atoms with Crippen LogP contribution in [0.1, 0.15) is 11.1 Å². The van der Waals surface area contributed by atoms with Crippen molar-refractivity contribution in [3.05, 3.63) is 42.0 Å². The van der Waals surface area contributed by atoms with Gasteiger partial charge in [-0.3, -0.25) is 0 Å². The largest absolute Gasteiger partial charge is 0.504 e. The molecule has 0 fully saturated rings. The lowest BCUT2D eigenvalue weighted by Gasteiger charge is -2.17. The number of phenolic OH excluding ortho intramolecular Hbond substituents is 5. The van der Waals surface area contributed by atoms with Gasteiger partial charge in [0.05, 0.1) is 7.11 Å². The average Bonchev–Trinajstić information content (AvgIpc) is 2.99. The number of methoxy groups -OCH3 is 1. The summed E-state index contributed by atoms with van der Waals surface area (Å²) in [5.41, 5.74) is 2.28. The zero-order chi connectivity index (χ0) is 19.5. The molecule has 1 aliphatic heterocycles. The van der Waals surface area contributed by atoms with E-state index in [1.807, 2.05) is 0 Å². The van der Waals surface area contributed by atoms with Crippen LogP contribution in [0.25, 0.3) is 27.7 Å². The lowest BCUT2D eigenvalue weighted by Crippen LogP contribution is -1.95. The highest BCUT2D eigenvalue weighted by atomic mass is 16.5. The maximum absolute atomic E-state index is 10.3. The van der Waals surface area contributed by atoms with Gasteiger partial charge in [-0.15, -0.1) is 0 Å². The normalized spacial score (nSPS) is 12.9. The van der Waals surface area contributed by atoms with Crippen LogP contribution in [0, 0.1) is 0 Å². The van der Waals surface area contributed by atoms with E-state index in [0.29, 0.717) is 38.8 Å². The highest BCUT2D eigenvalue weighted by Gasteiger charge is 2.27. The Morgan fingerprint density at radius 1 is 0.926 bits per heavy atom. The van der Waals surface area contributed by atoms with Gasteiger partial charge in [-0.2, -0.15) is 0 Å². The van der Waals surface area contributed by atoms with E-state index in [0.717, 1.165) is 0 Å². The molecule has 0 bridgehead atoms. The van der Waals surface area contributed by atoms with Crippen molar-refractivity contribution in [2.24, 2.45) is 0 Å². The smallest absolute Gasteiger partial charge is 0.201 e. The van der Waals surface area contributed by atoms with Crippen LogP contribution in [0.2, 0.25) is 0 Å². The number of rotatable bonds is 2. The van der Waals surface area contributed by atoms with Crippen molar-refractivity contribution >= 4 is 16.5 Å². The number of hydrogen-bond acceptors (Lipinski definition) is 7. The van der Waals surface area contributed by atoms with E-state index in [9.17, 15) is 25.5 Å². The van der Waals surface area contributed by atoms with Gasteiger partial charge >= 0.3 is 0 Å². The van der Waals surface area contributed by atoms with Crippen LogP contribution in [-0.2, 0) is 11.3 Å². The van der Waals surface area contributed by atoms with Crippen molar-refractivity contribution in [1.82, 2.24) is 0 Å². The predicted octanol–water partition coefficient (Wildman–Crippen LogP) is 3.54. The number of phenols is 5. The first-order valence-electron chi connectivity index (χ1n) is 7.99. The van der Waals surface area contributed by atoms with E-state index in [2.05, 4.69) is 6.58 Å². The van der Waals surface area contributed by atoms with E-state index < -0.39 is 23.0 Å². The minimum atomic E-state index is -0.635. The quantitative estimate of drug-likeness (QED) is 0.439. The molecule has 0 saturated carbocycles. The predicted molar refractivity (Wildman–Crippen MR) is 98.1 cm³/mol. The molecule has 0 amide bonds. The Hall–Kier alpha value is -3.74. The summed E-state index contributed by atoms with van der Waals surface area (Å²) in [4.78, 5) is 0. The minimum Gasteiger partial charge on any atom is -0.504 e. The van der Waals surface area contributed by atoms with Crippen LogP contribution in [0.5, 0.6) is 34.5 Å². The molecule has 3 aromatic rings. The Morgan fingerprint density at radius 2 is 1.56 bits per heavy atom. The SMILES string of the molecule is C=C1OCc2c1cc1cc(O)c(O)c(OC)c1c2-c1cc(O)c(O)c(O)c1. The Morgan fingerprint density at radius 3 is 2.19 bits per heavy atom. The second kappa shape index (κ2) is 5.63. The third-order valence-electron chi connectivity index (χ3n) is 4.70. The van der Waals surface area contributed by atoms with Crippen LogP contribution in [-0.4, -0.2) is 32.6 Å². The molecule has 27 heavy (non-hydrogen) atoms. The van der Waals surface area contributed by atoms with Gasteiger partial charge in [0, 0.05) is 22.1 Å². The van der Waals surface area contributed by atoms with Gasteiger partial charge in [-0.1, -0.05) is 6.58 Å². The summed E-state index contributed by atoms with van der Waals surface area (Å²) < 4.78 is 10.9. The first-order valence-corrected chi connectivity index (χ1v) is 7.99. The van der Waals surface area contributed by atoms with Crippen LogP contribution in [0.3, 0.4) is 0 Å². The van der Waals surface area contributed by atoms with Crippen molar-refractivity contribution in [1.29, 1.82) is 0 Å². The van der Waals surface area contributed by atoms with Crippen LogP contribution >= 0.6 is 0 Å². The van der Waals surface area contributed by atoms with Gasteiger partial charge in [0.25, 0.3) is 0 Å². The molecule has 0 radical (unpaired) electrons. The summed E-state index contributed by atoms with van der Waals surface area (Å²) >= 11 is 0. The fourth-order valence-electron chi connectivity index (χ4n) is 3.46. The number of ether oxygens (including phenoxy) is 2. The first kappa shape index (κ1) is 16.7. The molecule has 138 valence electrons. The first-order chi connectivity index (χ1) is 12.8. The lowest BCUT2D eigenvalue weighted by molar-refractivity contribution is 0.287. The summed E-state index contributed by atoms with van der Waals surface area (Å²) in [7, 11) is 1.35. The topological polar surface area (TPSA) is 120 Å². The average molecular weight is 368 g/mol. The van der Waals surface area contributed by atoms with Crippen molar-refractivity contribution in [2.45, 2.75) is 6.61 Å². The third-order valence-corrected chi connectivity index (χ3v) is 4.70. The summed E-state index contributed by atoms with van der Waals surface area (Å²) in [6.45, 7) is 4.05. The van der Waals surface area contributed by atoms with Crippen LogP contribution < -0.4 is 4.74 Å². The van der Waals surface area contributed by atoms with Gasteiger partial charge in [-0.05, 0) is 35.2 Å². The second-order valence-electron chi connectivity index (χ2n) is 6.23. The molecule has 7 heteroatoms. The maximum Gasteiger partial charge on any atom is 0.201 e. The van der Waals surface area contributed by atoms with Gasteiger partial charge in [0.15, 0.2) is 28.7 Å². The molecule has 7 nitrogen and oxygen atoms in total. The molecule has 5 N–H and O–H groups in total. The van der Waals surface area contributed by atoms with Crippen molar-refractivity contribution < 1.29 is 35.0 Å². The Labute approximate surface area is 153 Å². The number of benzene rings is 3. The molecular formula is C20H16O7. The number of aromatic hydroxyl groups is 5. The number of fused-ring (bicyclic) bond motifs is 2. The van der Waals surface area contributed by atoms with Crippen molar-refractivity contribution in [3.8, 4) is 45.6 Å². The number of hydrogen-bond donors (Lipinski definition) is 5. The molecule has 0 saturated heterocycles. The molecular weight excluding hydrogens is 352 g/mol. The fraction of sp³-hybridized carbons (Fsp3) is 0.100. The molecule has 4 rings (SSSR count). The summed E-state index contributed by atoms with van der Waals surface area (Å²) in [6, 6.07) is 5.71. The third kappa shape index (κ3) is 2.28. The maximum atomic E-state index is 10.3. The Kier molecular flexibility index (Phi) is 3.49. The van der Waals surface area contributed by atoms with Crippen molar-refractivity contribution in [2.75, 3.05) is 7.11 Å². The van der Waals surface area contributed by atoms with Gasteiger partial charge in [0.2, 0.25) is 5.75 Å². The second-order valence-corrected chi connectivity index (χ2v) is 6.23. The lowest BCUT2D eigenvalue weighted by atomic mass is 9.89. The van der Waals surface area contributed by atoms with E-state index in [1.165, 1.54) is 25.3 Å². The molecule has 0 unspecified atom stereocenters. The summed E-state index contributed by atoms with van der Waals surface area (Å²) in [6.07, 6.45) is 0. The Balaban J connectivity index is 2.22. The minimum absolute atomic E-state index is 0.0346. The molecule has 1 heterocycles. The molecule has 0 atom stereocenters. The summed E-state index contributed by atoms with van der Waals surface area (Å²) in [5.74, 6) is -1.96. The zero-order valence-corrected chi connectivity index (χ0v) is 14.3. The molecule has 3 aromatic carbocycles. The van der Waals surface area contributed by atoms with E-state index in [1.54, 1.807) is 6.07 Å². The molecule has 0 aromatic heterocycles. The monoisotopic (exact) mass is 368 g/mol. The molecule has 0 spiro atoms.